The van der Waals surface area contributed by atoms with Gasteiger partial charge in [0.2, 0.25) is 0 Å². The molecular formula is C11H13N3. The summed E-state index contributed by atoms with van der Waals surface area (Å²) >= 11 is 0. The molecule has 1 aliphatic heterocycles. The number of imidazole rings is 1. The van der Waals surface area contributed by atoms with Crippen LogP contribution in [0.3, 0.4) is 0 Å². The van der Waals surface area contributed by atoms with Crippen LogP contribution < -0.4 is 5.32 Å². The average molecular weight is 187 g/mol. The highest BCUT2D eigenvalue weighted by atomic mass is 15.1. The van der Waals surface area contributed by atoms with E-state index in [1.54, 1.807) is 0 Å². The van der Waals surface area contributed by atoms with E-state index in [1.807, 2.05) is 18.3 Å². The number of rotatable bonds is 1. The van der Waals surface area contributed by atoms with Gasteiger partial charge in [-0.2, -0.15) is 0 Å². The minimum atomic E-state index is 0.444. The smallest absolute Gasteiger partial charge is 0.130 e. The fraction of sp³-hybridized carbons (Fsp3) is 0.364. The Labute approximate surface area is 82.8 Å². The van der Waals surface area contributed by atoms with Crippen molar-refractivity contribution in [3.05, 3.63) is 36.4 Å². The van der Waals surface area contributed by atoms with Gasteiger partial charge in [0.05, 0.1) is 17.8 Å². The molecule has 0 aliphatic carbocycles. The molecule has 0 aromatic carbocycles. The maximum absolute atomic E-state index is 4.48. The zero-order valence-electron chi connectivity index (χ0n) is 7.98. The molecule has 0 amide bonds. The Hall–Kier alpha value is -1.35. The zero-order chi connectivity index (χ0) is 9.38. The van der Waals surface area contributed by atoms with Crippen LogP contribution in [0.5, 0.6) is 0 Å². The van der Waals surface area contributed by atoms with Crippen LogP contribution in [0.2, 0.25) is 0 Å². The van der Waals surface area contributed by atoms with E-state index in [0.717, 1.165) is 12.4 Å². The second-order valence-electron chi connectivity index (χ2n) is 3.76. The van der Waals surface area contributed by atoms with Crippen molar-refractivity contribution in [3.63, 3.8) is 0 Å². The Balaban J connectivity index is 2.11. The van der Waals surface area contributed by atoms with Gasteiger partial charge in [0.25, 0.3) is 0 Å². The average Bonchev–Trinajstić information content (AvgIpc) is 2.85. The minimum absolute atomic E-state index is 0.444. The van der Waals surface area contributed by atoms with Gasteiger partial charge >= 0.3 is 0 Å². The van der Waals surface area contributed by atoms with E-state index in [2.05, 4.69) is 27.0 Å². The molecule has 0 radical (unpaired) electrons. The lowest BCUT2D eigenvalue weighted by atomic mass is 10.2. The van der Waals surface area contributed by atoms with E-state index < -0.39 is 0 Å². The fourth-order valence-corrected chi connectivity index (χ4v) is 2.13. The van der Waals surface area contributed by atoms with E-state index in [1.165, 1.54) is 18.4 Å². The molecule has 3 heteroatoms. The molecule has 1 aliphatic rings. The topological polar surface area (TPSA) is 29.3 Å². The number of hydrogen-bond acceptors (Lipinski definition) is 2. The maximum Gasteiger partial charge on any atom is 0.130 e. The first-order valence-corrected chi connectivity index (χ1v) is 5.10. The molecule has 3 rings (SSSR count). The van der Waals surface area contributed by atoms with E-state index in [-0.39, 0.29) is 0 Å². The van der Waals surface area contributed by atoms with Gasteiger partial charge in [0.1, 0.15) is 5.82 Å². The van der Waals surface area contributed by atoms with Gasteiger partial charge in [-0.1, -0.05) is 6.07 Å². The highest BCUT2D eigenvalue weighted by Gasteiger charge is 2.19. The Bertz CT molecular complexity index is 440. The van der Waals surface area contributed by atoms with Gasteiger partial charge in [0, 0.05) is 6.20 Å². The predicted molar refractivity (Wildman–Crippen MR) is 55.2 cm³/mol. The Kier molecular flexibility index (Phi) is 1.77. The van der Waals surface area contributed by atoms with Crippen LogP contribution in [-0.4, -0.2) is 15.9 Å². The number of aromatic nitrogens is 2. The summed E-state index contributed by atoms with van der Waals surface area (Å²) in [6, 6.07) is 6.63. The largest absolute Gasteiger partial charge is 0.307 e. The summed E-state index contributed by atoms with van der Waals surface area (Å²) < 4.78 is 2.17. The first-order chi connectivity index (χ1) is 6.95. The molecule has 0 spiro atoms. The van der Waals surface area contributed by atoms with Crippen LogP contribution in [0.25, 0.3) is 5.52 Å². The van der Waals surface area contributed by atoms with E-state index in [0.29, 0.717) is 6.04 Å². The van der Waals surface area contributed by atoms with Crippen molar-refractivity contribution in [1.29, 1.82) is 0 Å². The molecule has 1 N–H and O–H groups in total. The van der Waals surface area contributed by atoms with Gasteiger partial charge in [-0.3, -0.25) is 0 Å². The summed E-state index contributed by atoms with van der Waals surface area (Å²) in [6.07, 6.45) is 6.48. The predicted octanol–water partition coefficient (Wildman–Crippen LogP) is 1.76. The summed E-state index contributed by atoms with van der Waals surface area (Å²) in [6.45, 7) is 1.12. The van der Waals surface area contributed by atoms with Crippen molar-refractivity contribution >= 4 is 5.52 Å². The quantitative estimate of drug-likeness (QED) is 0.737. The maximum atomic E-state index is 4.48. The van der Waals surface area contributed by atoms with Crippen LogP contribution in [0.4, 0.5) is 0 Å². The number of nitrogens with zero attached hydrogens (tertiary/aromatic N) is 2. The zero-order valence-corrected chi connectivity index (χ0v) is 7.98. The molecule has 1 fully saturated rings. The molecule has 3 nitrogen and oxygen atoms in total. The lowest BCUT2D eigenvalue weighted by Crippen LogP contribution is -2.15. The van der Waals surface area contributed by atoms with Crippen molar-refractivity contribution < 1.29 is 0 Å². The molecule has 2 aromatic rings. The second kappa shape index (κ2) is 3.10. The van der Waals surface area contributed by atoms with Crippen LogP contribution in [0, 0.1) is 0 Å². The number of pyridine rings is 1. The lowest BCUT2D eigenvalue weighted by Gasteiger charge is -2.08. The molecule has 72 valence electrons. The molecule has 14 heavy (non-hydrogen) atoms. The van der Waals surface area contributed by atoms with E-state index >= 15 is 0 Å². The molecule has 1 saturated heterocycles. The lowest BCUT2D eigenvalue weighted by molar-refractivity contribution is 0.602. The summed E-state index contributed by atoms with van der Waals surface area (Å²) in [7, 11) is 0. The first kappa shape index (κ1) is 8.00. The standard InChI is InChI=1S/C11H13N3/c1-2-7-14-9(4-1)8-13-11(14)10-5-3-6-12-10/h1-2,4,7-8,10,12H,3,5-6H2/t10-/m0/s1. The molecule has 1 atom stereocenters. The van der Waals surface area contributed by atoms with Gasteiger partial charge < -0.3 is 9.72 Å². The molecule has 2 aromatic heterocycles. The second-order valence-corrected chi connectivity index (χ2v) is 3.76. The SMILES string of the molecule is c1ccn2c([C@@H]3CCCN3)ncc2c1. The highest BCUT2D eigenvalue weighted by Crippen LogP contribution is 2.22. The number of hydrogen-bond donors (Lipinski definition) is 1. The van der Waals surface area contributed by atoms with Gasteiger partial charge in [-0.25, -0.2) is 4.98 Å². The number of nitrogens with one attached hydrogen (secondary N) is 1. The summed E-state index contributed by atoms with van der Waals surface area (Å²) in [5.41, 5.74) is 1.18. The Morgan fingerprint density at radius 3 is 3.29 bits per heavy atom. The normalized spacial score (nSPS) is 21.9. The fourth-order valence-electron chi connectivity index (χ4n) is 2.13. The number of fused-ring (bicyclic) bond motifs is 1. The first-order valence-electron chi connectivity index (χ1n) is 5.10. The summed E-state index contributed by atoms with van der Waals surface area (Å²) in [5, 5.41) is 3.47. The summed E-state index contributed by atoms with van der Waals surface area (Å²) in [5.74, 6) is 1.15. The molecule has 0 bridgehead atoms. The van der Waals surface area contributed by atoms with Crippen molar-refractivity contribution in [2.75, 3.05) is 6.54 Å². The van der Waals surface area contributed by atoms with Gasteiger partial charge in [0.15, 0.2) is 0 Å². The van der Waals surface area contributed by atoms with Crippen molar-refractivity contribution in [2.24, 2.45) is 0 Å². The van der Waals surface area contributed by atoms with Crippen LogP contribution in [0.1, 0.15) is 24.7 Å². The highest BCUT2D eigenvalue weighted by molar-refractivity contribution is 5.45. The van der Waals surface area contributed by atoms with Crippen LogP contribution >= 0.6 is 0 Å². The minimum Gasteiger partial charge on any atom is -0.307 e. The van der Waals surface area contributed by atoms with Crippen molar-refractivity contribution in [3.8, 4) is 0 Å². The van der Waals surface area contributed by atoms with Crippen LogP contribution in [-0.2, 0) is 0 Å². The third-order valence-electron chi connectivity index (χ3n) is 2.84. The third kappa shape index (κ3) is 1.13. The van der Waals surface area contributed by atoms with Crippen molar-refractivity contribution in [2.45, 2.75) is 18.9 Å². The van der Waals surface area contributed by atoms with E-state index in [4.69, 9.17) is 0 Å². The van der Waals surface area contributed by atoms with E-state index in [9.17, 15) is 0 Å². The Morgan fingerprint density at radius 2 is 2.43 bits per heavy atom. The molecular weight excluding hydrogens is 174 g/mol. The third-order valence-corrected chi connectivity index (χ3v) is 2.84. The van der Waals surface area contributed by atoms with Crippen LogP contribution in [0.15, 0.2) is 30.6 Å². The summed E-state index contributed by atoms with van der Waals surface area (Å²) in [4.78, 5) is 4.48. The molecule has 3 heterocycles. The van der Waals surface area contributed by atoms with Gasteiger partial charge in [-0.05, 0) is 31.5 Å². The van der Waals surface area contributed by atoms with Gasteiger partial charge in [-0.15, -0.1) is 0 Å². The molecule has 0 saturated carbocycles. The van der Waals surface area contributed by atoms with Crippen molar-refractivity contribution in [1.82, 2.24) is 14.7 Å². The monoisotopic (exact) mass is 187 g/mol. The Morgan fingerprint density at radius 1 is 1.43 bits per heavy atom. The molecule has 0 unspecified atom stereocenters.